The van der Waals surface area contributed by atoms with E-state index in [-0.39, 0.29) is 0 Å². The highest BCUT2D eigenvalue weighted by Gasteiger charge is 2.50. The van der Waals surface area contributed by atoms with E-state index >= 15 is 0 Å². The van der Waals surface area contributed by atoms with Gasteiger partial charge in [-0.2, -0.15) is 10.0 Å². The third-order valence-electron chi connectivity index (χ3n) is 5.56. The second-order valence-corrected chi connectivity index (χ2v) is 13.0. The molecule has 4 rings (SSSR count). The second kappa shape index (κ2) is 5.16. The molecule has 0 bridgehead atoms. The maximum atomic E-state index is 2.87. The zero-order chi connectivity index (χ0) is 14.5. The van der Waals surface area contributed by atoms with Gasteiger partial charge >= 0.3 is 0 Å². The minimum Gasteiger partial charge on any atom is -0.178 e. The number of hydrogen-bond donors (Lipinski definition) is 0. The van der Waals surface area contributed by atoms with Crippen LogP contribution in [0.15, 0.2) is 46.2 Å². The van der Waals surface area contributed by atoms with Gasteiger partial charge in [0.25, 0.3) is 0 Å². The molecule has 1 saturated carbocycles. The van der Waals surface area contributed by atoms with Crippen LogP contribution >= 0.6 is 32.6 Å². The molecule has 1 aromatic rings. The zero-order valence-corrected chi connectivity index (χ0v) is 15.7. The summed E-state index contributed by atoms with van der Waals surface area (Å²) in [5, 5.41) is 0. The summed E-state index contributed by atoms with van der Waals surface area (Å²) in [6.45, 7) is 0. The molecule has 2 aliphatic carbocycles. The number of allylic oxidation sites excluding steroid dienone is 4. The van der Waals surface area contributed by atoms with Crippen molar-refractivity contribution < 1.29 is 0 Å². The molecule has 1 heterocycles. The van der Waals surface area contributed by atoms with Crippen LogP contribution in [0.4, 0.5) is 0 Å². The Morgan fingerprint density at radius 3 is 2.67 bits per heavy atom. The second-order valence-electron chi connectivity index (χ2n) is 6.64. The Morgan fingerprint density at radius 1 is 1.10 bits per heavy atom. The van der Waals surface area contributed by atoms with Crippen molar-refractivity contribution >= 4 is 38.2 Å². The van der Waals surface area contributed by atoms with E-state index in [2.05, 4.69) is 65.3 Å². The van der Waals surface area contributed by atoms with E-state index in [1.165, 1.54) is 44.9 Å². The molecule has 21 heavy (non-hydrogen) atoms. The quantitative estimate of drug-likeness (QED) is 0.359. The largest absolute Gasteiger partial charge is 0.178 e. The van der Waals surface area contributed by atoms with Gasteiger partial charge in [0, 0.05) is 4.90 Å². The highest BCUT2D eigenvalue weighted by molar-refractivity contribution is 14.1. The first-order valence-corrected chi connectivity index (χ1v) is 11.2. The summed E-state index contributed by atoms with van der Waals surface area (Å²) in [5.74, 6) is 0. The van der Waals surface area contributed by atoms with E-state index in [4.69, 9.17) is 0 Å². The Kier molecular flexibility index (Phi) is 3.53. The topological polar surface area (TPSA) is 0 Å². The number of rotatable bonds is 1. The van der Waals surface area contributed by atoms with E-state index in [9.17, 15) is 0 Å². The van der Waals surface area contributed by atoms with Gasteiger partial charge in [-0.05, 0) is 54.0 Å². The summed E-state index contributed by atoms with van der Waals surface area (Å²) in [7, 11) is -0.850. The van der Waals surface area contributed by atoms with Crippen molar-refractivity contribution in [3.8, 4) is 0 Å². The molecular weight excluding hydrogens is 387 g/mol. The molecule has 1 fully saturated rings. The number of benzene rings is 1. The van der Waals surface area contributed by atoms with Crippen LogP contribution < -0.4 is 0 Å². The summed E-state index contributed by atoms with van der Waals surface area (Å²) in [4.78, 5) is 3.49. The molecule has 3 aliphatic rings. The van der Waals surface area contributed by atoms with Crippen molar-refractivity contribution in [3.05, 3.63) is 46.9 Å². The Hall–Kier alpha value is -0.220. The number of fused-ring (bicyclic) bond motifs is 2. The van der Waals surface area contributed by atoms with Crippen LogP contribution in [-0.2, 0) is 0 Å². The Labute approximate surface area is 143 Å². The van der Waals surface area contributed by atoms with Crippen LogP contribution in [-0.4, -0.2) is 9.01 Å². The molecule has 0 amide bonds. The van der Waals surface area contributed by atoms with E-state index in [1.807, 2.05) is 4.91 Å². The first-order chi connectivity index (χ1) is 10.2. The van der Waals surface area contributed by atoms with E-state index in [0.29, 0.717) is 2.75 Å². The highest BCUT2D eigenvalue weighted by atomic mass is 127. The van der Waals surface area contributed by atoms with Crippen molar-refractivity contribution in [2.24, 2.45) is 0 Å². The lowest BCUT2D eigenvalue weighted by Crippen LogP contribution is -2.31. The fourth-order valence-corrected chi connectivity index (χ4v) is 11.0. The fourth-order valence-electron chi connectivity index (χ4n) is 4.39. The average molecular weight is 410 g/mol. The molecular formula is C19H23IS. The molecule has 0 unspecified atom stereocenters. The van der Waals surface area contributed by atoms with Crippen molar-refractivity contribution in [2.45, 2.75) is 52.6 Å². The Bertz CT molecular complexity index is 637. The molecule has 112 valence electrons. The lowest BCUT2D eigenvalue weighted by Gasteiger charge is -2.52. The number of alkyl halides is 1. The third-order valence-corrected chi connectivity index (χ3v) is 13.8. The first kappa shape index (κ1) is 14.4. The van der Waals surface area contributed by atoms with Gasteiger partial charge in [0.1, 0.15) is 0 Å². The van der Waals surface area contributed by atoms with Crippen LogP contribution in [0.5, 0.6) is 0 Å². The molecule has 0 aromatic heterocycles. The smallest absolute Gasteiger partial charge is 0.0590 e. The summed E-state index contributed by atoms with van der Waals surface area (Å²) in [6, 6.07) is 9.28. The van der Waals surface area contributed by atoms with Gasteiger partial charge in [0.15, 0.2) is 0 Å². The Morgan fingerprint density at radius 2 is 1.86 bits per heavy atom. The van der Waals surface area contributed by atoms with Gasteiger partial charge in [-0.1, -0.05) is 72.2 Å². The first-order valence-electron chi connectivity index (χ1n) is 8.13. The Balaban J connectivity index is 1.94. The van der Waals surface area contributed by atoms with Gasteiger partial charge in [0.05, 0.1) is 2.75 Å². The third kappa shape index (κ3) is 1.94. The standard InChI is InChI=1S/C19H23IS/c1-21(19(20)13-7-2-8-14-19)17-11-5-3-9-15(17)16-10-4-6-12-18(16)21/h3-5,9-11H,2,6-8,12-14H2,1H3. The summed E-state index contributed by atoms with van der Waals surface area (Å²) in [6.07, 6.45) is 17.1. The molecule has 2 heteroatoms. The van der Waals surface area contributed by atoms with Gasteiger partial charge in [-0.3, -0.25) is 0 Å². The lowest BCUT2D eigenvalue weighted by molar-refractivity contribution is 0.500. The average Bonchev–Trinajstić information content (AvgIpc) is 2.80. The molecule has 0 nitrogen and oxygen atoms in total. The van der Waals surface area contributed by atoms with Crippen LogP contribution in [0.2, 0.25) is 0 Å². The van der Waals surface area contributed by atoms with Crippen LogP contribution in [0, 0.1) is 0 Å². The highest BCUT2D eigenvalue weighted by Crippen LogP contribution is 2.80. The maximum absolute atomic E-state index is 2.87. The van der Waals surface area contributed by atoms with Gasteiger partial charge in [-0.25, -0.2) is 0 Å². The van der Waals surface area contributed by atoms with Crippen molar-refractivity contribution in [2.75, 3.05) is 6.26 Å². The number of halogens is 1. The maximum Gasteiger partial charge on any atom is 0.0590 e. The normalized spacial score (nSPS) is 30.2. The molecule has 0 radical (unpaired) electrons. The summed E-state index contributed by atoms with van der Waals surface area (Å²) in [5.41, 5.74) is 3.12. The number of hydrogen-bond acceptors (Lipinski definition) is 0. The molecule has 0 spiro atoms. The minimum absolute atomic E-state index is 0.487. The predicted molar refractivity (Wildman–Crippen MR) is 103 cm³/mol. The molecule has 0 N–H and O–H groups in total. The summed E-state index contributed by atoms with van der Waals surface area (Å²) < 4.78 is 0.487. The van der Waals surface area contributed by atoms with Crippen molar-refractivity contribution in [1.29, 1.82) is 0 Å². The lowest BCUT2D eigenvalue weighted by atomic mass is 10.00. The SMILES string of the molecule is C[S@]1(C2(I)CCCCC2)C2=C(C=CCC2)c2ccccc21. The predicted octanol–water partition coefficient (Wildman–Crippen LogP) is 6.65. The van der Waals surface area contributed by atoms with E-state index in [0.717, 1.165) is 0 Å². The fraction of sp³-hybridized carbons (Fsp3) is 0.474. The van der Waals surface area contributed by atoms with Gasteiger partial charge in [0.2, 0.25) is 0 Å². The van der Waals surface area contributed by atoms with Crippen molar-refractivity contribution in [1.82, 2.24) is 0 Å². The van der Waals surface area contributed by atoms with Gasteiger partial charge in [-0.15, -0.1) is 0 Å². The molecule has 1 aliphatic heterocycles. The van der Waals surface area contributed by atoms with E-state index < -0.39 is 10.0 Å². The van der Waals surface area contributed by atoms with Gasteiger partial charge < -0.3 is 0 Å². The van der Waals surface area contributed by atoms with Crippen LogP contribution in [0.3, 0.4) is 0 Å². The monoisotopic (exact) mass is 410 g/mol. The van der Waals surface area contributed by atoms with E-state index in [1.54, 1.807) is 16.0 Å². The van der Waals surface area contributed by atoms with Crippen molar-refractivity contribution in [3.63, 3.8) is 0 Å². The molecule has 1 atom stereocenters. The zero-order valence-electron chi connectivity index (χ0n) is 12.7. The molecule has 0 saturated heterocycles. The van der Waals surface area contributed by atoms with Crippen LogP contribution in [0.25, 0.3) is 5.57 Å². The minimum atomic E-state index is -0.850. The van der Waals surface area contributed by atoms with Crippen LogP contribution in [0.1, 0.15) is 50.5 Å². The summed E-state index contributed by atoms with van der Waals surface area (Å²) >= 11 is 2.87. The molecule has 1 aromatic carbocycles.